The second-order valence-corrected chi connectivity index (χ2v) is 7.09. The molecule has 0 aromatic rings. The Labute approximate surface area is 124 Å². The lowest BCUT2D eigenvalue weighted by Gasteiger charge is -2.40. The van der Waals surface area contributed by atoms with Gasteiger partial charge < -0.3 is 10.6 Å². The zero-order valence-corrected chi connectivity index (χ0v) is 13.3. The van der Waals surface area contributed by atoms with E-state index >= 15 is 0 Å². The lowest BCUT2D eigenvalue weighted by molar-refractivity contribution is -0.139. The van der Waals surface area contributed by atoms with Crippen molar-refractivity contribution in [3.05, 3.63) is 0 Å². The Bertz CT molecular complexity index is 310. The average Bonchev–Trinajstić information content (AvgIpc) is 2.47. The Morgan fingerprint density at radius 1 is 1.10 bits per heavy atom. The molecule has 1 aliphatic carbocycles. The number of nitrogens with zero attached hydrogens (tertiary/aromatic N) is 1. The number of carbonyl (C=O) groups is 1. The summed E-state index contributed by atoms with van der Waals surface area (Å²) in [5.74, 6) is 1.32. The number of amides is 1. The van der Waals surface area contributed by atoms with Crippen LogP contribution in [0.3, 0.4) is 0 Å². The lowest BCUT2D eigenvalue weighted by Crippen LogP contribution is -2.53. The van der Waals surface area contributed by atoms with Crippen LogP contribution in [0.1, 0.15) is 71.6 Å². The molecule has 116 valence electrons. The van der Waals surface area contributed by atoms with E-state index in [0.29, 0.717) is 5.91 Å². The summed E-state index contributed by atoms with van der Waals surface area (Å²) in [5.41, 5.74) is 6.09. The molecule has 3 nitrogen and oxygen atoms in total. The highest BCUT2D eigenvalue weighted by molar-refractivity contribution is 5.79. The van der Waals surface area contributed by atoms with E-state index in [1.54, 1.807) is 0 Å². The van der Waals surface area contributed by atoms with Crippen molar-refractivity contribution < 1.29 is 4.79 Å². The molecular formula is C17H32N2O. The van der Waals surface area contributed by atoms with Gasteiger partial charge in [0.25, 0.3) is 0 Å². The maximum atomic E-state index is 12.8. The maximum absolute atomic E-state index is 12.8. The lowest BCUT2D eigenvalue weighted by atomic mass is 9.82. The molecule has 20 heavy (non-hydrogen) atoms. The van der Waals surface area contributed by atoms with Gasteiger partial charge in [-0.25, -0.2) is 0 Å². The van der Waals surface area contributed by atoms with Crippen LogP contribution in [0.25, 0.3) is 0 Å². The molecule has 3 unspecified atom stereocenters. The van der Waals surface area contributed by atoms with E-state index in [9.17, 15) is 4.79 Å². The van der Waals surface area contributed by atoms with Gasteiger partial charge in [-0.3, -0.25) is 4.79 Å². The second-order valence-electron chi connectivity index (χ2n) is 7.09. The summed E-state index contributed by atoms with van der Waals surface area (Å²) in [6, 6.07) is 0.367. The van der Waals surface area contributed by atoms with Crippen molar-refractivity contribution in [3.63, 3.8) is 0 Å². The molecule has 0 radical (unpaired) electrons. The fourth-order valence-electron chi connectivity index (χ4n) is 4.08. The number of nitrogens with two attached hydrogens (primary N) is 1. The van der Waals surface area contributed by atoms with Crippen LogP contribution in [0, 0.1) is 11.8 Å². The maximum Gasteiger partial charge on any atom is 0.225 e. The zero-order valence-electron chi connectivity index (χ0n) is 13.3. The monoisotopic (exact) mass is 280 g/mol. The van der Waals surface area contributed by atoms with Crippen LogP contribution in [0.15, 0.2) is 0 Å². The first-order valence-corrected chi connectivity index (χ1v) is 8.65. The summed E-state index contributed by atoms with van der Waals surface area (Å²) >= 11 is 0. The molecule has 2 fully saturated rings. The highest BCUT2D eigenvalue weighted by Crippen LogP contribution is 2.30. The molecule has 0 aromatic carbocycles. The third-order valence-electron chi connectivity index (χ3n) is 5.27. The number of carbonyl (C=O) groups excluding carboxylic acids is 1. The number of hydrogen-bond donors (Lipinski definition) is 1. The minimum Gasteiger partial charge on any atom is -0.338 e. The summed E-state index contributed by atoms with van der Waals surface area (Å²) in [4.78, 5) is 14.9. The summed E-state index contributed by atoms with van der Waals surface area (Å²) in [6.07, 6.45) is 11.3. The Morgan fingerprint density at radius 2 is 1.75 bits per heavy atom. The first-order chi connectivity index (χ1) is 9.59. The van der Waals surface area contributed by atoms with E-state index < -0.39 is 0 Å². The molecule has 2 N–H and O–H groups in total. The van der Waals surface area contributed by atoms with Crippen LogP contribution in [-0.2, 0) is 4.79 Å². The van der Waals surface area contributed by atoms with Crippen molar-refractivity contribution in [3.8, 4) is 0 Å². The van der Waals surface area contributed by atoms with Crippen LogP contribution in [0.5, 0.6) is 0 Å². The molecular weight excluding hydrogens is 248 g/mol. The van der Waals surface area contributed by atoms with Gasteiger partial charge in [0, 0.05) is 24.5 Å². The first-order valence-electron chi connectivity index (χ1n) is 8.65. The van der Waals surface area contributed by atoms with E-state index in [4.69, 9.17) is 5.73 Å². The van der Waals surface area contributed by atoms with E-state index in [0.717, 1.165) is 31.7 Å². The molecule has 2 aliphatic rings. The van der Waals surface area contributed by atoms with Crippen LogP contribution in [0.2, 0.25) is 0 Å². The molecule has 0 aromatic heterocycles. The average molecular weight is 280 g/mol. The molecule has 0 spiro atoms. The van der Waals surface area contributed by atoms with Gasteiger partial charge in [0.2, 0.25) is 5.91 Å². The summed E-state index contributed by atoms with van der Waals surface area (Å²) in [5, 5.41) is 0. The third kappa shape index (κ3) is 3.97. The molecule has 2 rings (SSSR count). The molecule has 1 saturated heterocycles. The summed E-state index contributed by atoms with van der Waals surface area (Å²) in [7, 11) is 0. The molecule has 3 atom stereocenters. The predicted molar refractivity (Wildman–Crippen MR) is 83.4 cm³/mol. The molecule has 0 bridgehead atoms. The number of rotatable bonds is 4. The second kappa shape index (κ2) is 7.44. The Kier molecular flexibility index (Phi) is 5.88. The number of hydrogen-bond acceptors (Lipinski definition) is 2. The SMILES string of the molecule is CC(CC1CCCCC1)C(=O)N1CCCCC1C(C)N. The highest BCUT2D eigenvalue weighted by Gasteiger charge is 2.32. The van der Waals surface area contributed by atoms with Crippen molar-refractivity contribution in [2.24, 2.45) is 17.6 Å². The summed E-state index contributed by atoms with van der Waals surface area (Å²) < 4.78 is 0. The molecule has 1 aliphatic heterocycles. The van der Waals surface area contributed by atoms with E-state index in [-0.39, 0.29) is 18.0 Å². The predicted octanol–water partition coefficient (Wildman–Crippen LogP) is 3.32. The highest BCUT2D eigenvalue weighted by atomic mass is 16.2. The largest absolute Gasteiger partial charge is 0.338 e. The Balaban J connectivity index is 1.90. The minimum absolute atomic E-state index is 0.0983. The van der Waals surface area contributed by atoms with E-state index in [1.807, 2.05) is 6.92 Å². The van der Waals surface area contributed by atoms with Gasteiger partial charge in [-0.2, -0.15) is 0 Å². The molecule has 1 heterocycles. The van der Waals surface area contributed by atoms with E-state index in [1.165, 1.54) is 38.5 Å². The molecule has 1 saturated carbocycles. The van der Waals surface area contributed by atoms with Crippen LogP contribution >= 0.6 is 0 Å². The zero-order chi connectivity index (χ0) is 14.5. The van der Waals surface area contributed by atoms with Crippen molar-refractivity contribution in [2.45, 2.75) is 83.7 Å². The van der Waals surface area contributed by atoms with Crippen molar-refractivity contribution in [1.82, 2.24) is 4.90 Å². The standard InChI is InChI=1S/C17H32N2O/c1-13(12-15-8-4-3-5-9-15)17(20)19-11-7-6-10-16(19)14(2)18/h13-16H,3-12,18H2,1-2H3. The van der Waals surface area contributed by atoms with Crippen LogP contribution in [0.4, 0.5) is 0 Å². The van der Waals surface area contributed by atoms with Crippen molar-refractivity contribution >= 4 is 5.91 Å². The van der Waals surface area contributed by atoms with Crippen molar-refractivity contribution in [1.29, 1.82) is 0 Å². The minimum atomic E-state index is 0.0983. The van der Waals surface area contributed by atoms with E-state index in [2.05, 4.69) is 11.8 Å². The van der Waals surface area contributed by atoms with Gasteiger partial charge in [0.05, 0.1) is 0 Å². The fraction of sp³-hybridized carbons (Fsp3) is 0.941. The quantitative estimate of drug-likeness (QED) is 0.858. The van der Waals surface area contributed by atoms with Gasteiger partial charge in [0.15, 0.2) is 0 Å². The smallest absolute Gasteiger partial charge is 0.225 e. The van der Waals surface area contributed by atoms with Gasteiger partial charge >= 0.3 is 0 Å². The van der Waals surface area contributed by atoms with Gasteiger partial charge in [-0.05, 0) is 38.5 Å². The molecule has 3 heteroatoms. The first kappa shape index (κ1) is 15.8. The third-order valence-corrected chi connectivity index (χ3v) is 5.27. The van der Waals surface area contributed by atoms with Gasteiger partial charge in [-0.15, -0.1) is 0 Å². The fourth-order valence-corrected chi connectivity index (χ4v) is 4.08. The Hall–Kier alpha value is -0.570. The van der Waals surface area contributed by atoms with Crippen LogP contribution < -0.4 is 5.73 Å². The van der Waals surface area contributed by atoms with Crippen LogP contribution in [-0.4, -0.2) is 29.4 Å². The van der Waals surface area contributed by atoms with Crippen molar-refractivity contribution in [2.75, 3.05) is 6.54 Å². The number of piperidine rings is 1. The van der Waals surface area contributed by atoms with Gasteiger partial charge in [0.1, 0.15) is 0 Å². The molecule has 1 amide bonds. The van der Waals surface area contributed by atoms with Gasteiger partial charge in [-0.1, -0.05) is 39.0 Å². The summed E-state index contributed by atoms with van der Waals surface area (Å²) in [6.45, 7) is 5.09. The normalized spacial score (nSPS) is 28.1. The number of likely N-dealkylation sites (tertiary alicyclic amines) is 1. The topological polar surface area (TPSA) is 46.3 Å². The Morgan fingerprint density at radius 3 is 2.40 bits per heavy atom.